The summed E-state index contributed by atoms with van der Waals surface area (Å²) in [6, 6.07) is 7.82. The molecule has 1 atom stereocenters. The van der Waals surface area contributed by atoms with Crippen LogP contribution in [0.3, 0.4) is 0 Å². The third-order valence-electron chi connectivity index (χ3n) is 2.29. The molecule has 0 aliphatic heterocycles. The maximum atomic E-state index is 6.15. The van der Waals surface area contributed by atoms with Gasteiger partial charge in [-0.2, -0.15) is 0 Å². The minimum absolute atomic E-state index is 0.0505. The maximum absolute atomic E-state index is 6.15. The zero-order valence-electron chi connectivity index (χ0n) is 9.99. The Morgan fingerprint density at radius 2 is 2.00 bits per heavy atom. The molecule has 0 fully saturated rings. The Bertz CT molecular complexity index is 320. The van der Waals surface area contributed by atoms with Gasteiger partial charge in [-0.1, -0.05) is 59.3 Å². The van der Waals surface area contributed by atoms with E-state index in [9.17, 15) is 0 Å². The maximum Gasteiger partial charge on any atom is 0.0929 e. The normalized spacial score (nSPS) is 12.6. The highest BCUT2D eigenvalue weighted by Crippen LogP contribution is 2.26. The second-order valence-electron chi connectivity index (χ2n) is 3.65. The van der Waals surface area contributed by atoms with Gasteiger partial charge in [-0.05, 0) is 12.5 Å². The van der Waals surface area contributed by atoms with Crippen molar-refractivity contribution >= 4 is 34.2 Å². The Morgan fingerprint density at radius 1 is 1.24 bits per heavy atom. The number of alkyl halides is 1. The molecule has 0 aliphatic carbocycles. The molecule has 0 heterocycles. The van der Waals surface area contributed by atoms with Gasteiger partial charge >= 0.3 is 0 Å². The van der Waals surface area contributed by atoms with Crippen molar-refractivity contribution in [1.29, 1.82) is 0 Å². The topological polar surface area (TPSA) is 18.5 Å². The van der Waals surface area contributed by atoms with Gasteiger partial charge in [0, 0.05) is 21.6 Å². The van der Waals surface area contributed by atoms with Crippen LogP contribution in [-0.2, 0) is 9.47 Å². The molecule has 0 aliphatic rings. The molecule has 1 unspecified atom stereocenters. The number of hydrogen-bond donors (Lipinski definition) is 0. The van der Waals surface area contributed by atoms with Crippen LogP contribution in [0.4, 0.5) is 0 Å². The molecule has 0 saturated carbocycles. The van der Waals surface area contributed by atoms with E-state index in [-0.39, 0.29) is 6.10 Å². The zero-order valence-corrected chi connectivity index (χ0v) is 12.9. The molecule has 0 saturated heterocycles. The molecule has 96 valence electrons. The summed E-state index contributed by atoms with van der Waals surface area (Å²) in [6.07, 6.45) is 1.09. The Kier molecular flexibility index (Phi) is 8.18. The van der Waals surface area contributed by atoms with E-state index in [1.165, 1.54) is 0 Å². The lowest BCUT2D eigenvalue weighted by Crippen LogP contribution is -2.11. The minimum Gasteiger partial charge on any atom is -0.379 e. The van der Waals surface area contributed by atoms with Crippen LogP contribution in [0.25, 0.3) is 0 Å². The standard InChI is InChI=1S/C13H18ClIO2/c1-2-7-16-8-9-17-13(10-15)11-5-3-4-6-12(11)14/h3-6,13H,2,7-10H2,1H3. The van der Waals surface area contributed by atoms with E-state index in [0.717, 1.165) is 28.0 Å². The predicted octanol–water partition coefficient (Wildman–Crippen LogP) is 4.26. The molecule has 4 heteroatoms. The van der Waals surface area contributed by atoms with Crippen LogP contribution in [0.1, 0.15) is 25.0 Å². The van der Waals surface area contributed by atoms with Crippen molar-refractivity contribution in [2.45, 2.75) is 19.4 Å². The lowest BCUT2D eigenvalue weighted by molar-refractivity contribution is 0.0148. The summed E-state index contributed by atoms with van der Waals surface area (Å²) < 4.78 is 12.1. The van der Waals surface area contributed by atoms with Gasteiger partial charge in [0.05, 0.1) is 19.3 Å². The summed E-state index contributed by atoms with van der Waals surface area (Å²) in [5, 5.41) is 0.767. The van der Waals surface area contributed by atoms with Gasteiger partial charge in [0.15, 0.2) is 0 Å². The van der Waals surface area contributed by atoms with E-state index in [1.54, 1.807) is 0 Å². The van der Waals surface area contributed by atoms with Crippen LogP contribution < -0.4 is 0 Å². The third kappa shape index (κ3) is 5.55. The second kappa shape index (κ2) is 9.14. The molecule has 1 aromatic rings. The number of ether oxygens (including phenoxy) is 2. The molecule has 2 nitrogen and oxygen atoms in total. The monoisotopic (exact) mass is 368 g/mol. The first-order chi connectivity index (χ1) is 8.29. The van der Waals surface area contributed by atoms with Gasteiger partial charge in [0.25, 0.3) is 0 Å². The van der Waals surface area contributed by atoms with Crippen molar-refractivity contribution in [2.75, 3.05) is 24.2 Å². The fourth-order valence-corrected chi connectivity index (χ4v) is 2.44. The zero-order chi connectivity index (χ0) is 12.5. The number of benzene rings is 1. The summed E-state index contributed by atoms with van der Waals surface area (Å²) in [6.45, 7) is 4.15. The highest BCUT2D eigenvalue weighted by molar-refractivity contribution is 14.1. The first-order valence-electron chi connectivity index (χ1n) is 5.79. The Hall–Kier alpha value is 0.160. The number of halogens is 2. The summed E-state index contributed by atoms with van der Waals surface area (Å²) in [7, 11) is 0. The Labute approximate surface area is 122 Å². The van der Waals surface area contributed by atoms with E-state index in [1.807, 2.05) is 24.3 Å². The molecule has 1 rings (SSSR count). The summed E-state index contributed by atoms with van der Waals surface area (Å²) in [5.74, 6) is 0. The molecular weight excluding hydrogens is 350 g/mol. The first-order valence-corrected chi connectivity index (χ1v) is 7.69. The molecule has 0 N–H and O–H groups in total. The SMILES string of the molecule is CCCOCCOC(CI)c1ccccc1Cl. The van der Waals surface area contributed by atoms with Crippen LogP contribution in [0, 0.1) is 0 Å². The average molecular weight is 369 g/mol. The van der Waals surface area contributed by atoms with Gasteiger partial charge in [-0.15, -0.1) is 0 Å². The largest absolute Gasteiger partial charge is 0.379 e. The molecule has 1 aromatic carbocycles. The fraction of sp³-hybridized carbons (Fsp3) is 0.538. The van der Waals surface area contributed by atoms with Crippen molar-refractivity contribution < 1.29 is 9.47 Å². The predicted molar refractivity (Wildman–Crippen MR) is 80.1 cm³/mol. The van der Waals surface area contributed by atoms with Crippen LogP contribution in [0.15, 0.2) is 24.3 Å². The van der Waals surface area contributed by atoms with E-state index in [0.29, 0.717) is 13.2 Å². The summed E-state index contributed by atoms with van der Waals surface area (Å²) in [5.41, 5.74) is 1.05. The first kappa shape index (κ1) is 15.2. The van der Waals surface area contributed by atoms with Crippen molar-refractivity contribution in [3.8, 4) is 0 Å². The van der Waals surface area contributed by atoms with Crippen LogP contribution in [0.5, 0.6) is 0 Å². The van der Waals surface area contributed by atoms with E-state index in [2.05, 4.69) is 29.5 Å². The molecule has 0 radical (unpaired) electrons. The van der Waals surface area contributed by atoms with Crippen molar-refractivity contribution in [2.24, 2.45) is 0 Å². The number of hydrogen-bond acceptors (Lipinski definition) is 2. The molecule has 17 heavy (non-hydrogen) atoms. The van der Waals surface area contributed by atoms with Crippen LogP contribution in [0.2, 0.25) is 5.02 Å². The molecular formula is C13H18ClIO2. The van der Waals surface area contributed by atoms with E-state index in [4.69, 9.17) is 21.1 Å². The Morgan fingerprint density at radius 3 is 2.65 bits per heavy atom. The smallest absolute Gasteiger partial charge is 0.0929 e. The van der Waals surface area contributed by atoms with E-state index >= 15 is 0 Å². The molecule has 0 amide bonds. The van der Waals surface area contributed by atoms with Crippen molar-refractivity contribution in [3.05, 3.63) is 34.9 Å². The van der Waals surface area contributed by atoms with E-state index < -0.39 is 0 Å². The van der Waals surface area contributed by atoms with Gasteiger partial charge in [-0.3, -0.25) is 0 Å². The summed E-state index contributed by atoms with van der Waals surface area (Å²) in [4.78, 5) is 0. The molecule has 0 aromatic heterocycles. The quantitative estimate of drug-likeness (QED) is 0.388. The van der Waals surface area contributed by atoms with Crippen molar-refractivity contribution in [3.63, 3.8) is 0 Å². The van der Waals surface area contributed by atoms with Gasteiger partial charge < -0.3 is 9.47 Å². The van der Waals surface area contributed by atoms with Crippen LogP contribution in [-0.4, -0.2) is 24.2 Å². The summed E-state index contributed by atoms with van der Waals surface area (Å²) >= 11 is 8.46. The van der Waals surface area contributed by atoms with Gasteiger partial charge in [-0.25, -0.2) is 0 Å². The lowest BCUT2D eigenvalue weighted by Gasteiger charge is -2.17. The Balaban J connectivity index is 2.41. The second-order valence-corrected chi connectivity index (χ2v) is 4.94. The molecule has 0 bridgehead atoms. The lowest BCUT2D eigenvalue weighted by atomic mass is 10.1. The third-order valence-corrected chi connectivity index (χ3v) is 3.43. The van der Waals surface area contributed by atoms with Gasteiger partial charge in [0.2, 0.25) is 0 Å². The number of rotatable bonds is 8. The van der Waals surface area contributed by atoms with Crippen LogP contribution >= 0.6 is 34.2 Å². The minimum atomic E-state index is 0.0505. The highest BCUT2D eigenvalue weighted by Gasteiger charge is 2.13. The fourth-order valence-electron chi connectivity index (χ4n) is 1.45. The van der Waals surface area contributed by atoms with Gasteiger partial charge in [0.1, 0.15) is 0 Å². The highest BCUT2D eigenvalue weighted by atomic mass is 127. The van der Waals surface area contributed by atoms with Crippen molar-refractivity contribution in [1.82, 2.24) is 0 Å². The average Bonchev–Trinajstić information content (AvgIpc) is 2.35. The molecule has 0 spiro atoms.